The van der Waals surface area contributed by atoms with Crippen molar-refractivity contribution in [2.24, 2.45) is 0 Å². The second-order valence-electron chi connectivity index (χ2n) is 9.39. The van der Waals surface area contributed by atoms with Crippen LogP contribution >= 0.6 is 0 Å². The fourth-order valence-corrected chi connectivity index (χ4v) is 4.01. The highest BCUT2D eigenvalue weighted by Gasteiger charge is 2.34. The number of hydrogen-bond acceptors (Lipinski definition) is 7. The largest absolute Gasteiger partial charge is 0.478 e. The lowest BCUT2D eigenvalue weighted by Crippen LogP contribution is -2.45. The normalized spacial score (nSPS) is 11.6. The molecule has 8 heteroatoms. The van der Waals surface area contributed by atoms with E-state index in [1.165, 1.54) is 63.5 Å². The Balaban J connectivity index is 2.57. The maximum Gasteiger partial charge on any atom is 0.339 e. The lowest BCUT2D eigenvalue weighted by molar-refractivity contribution is -0.394. The molecule has 0 saturated heterocycles. The van der Waals surface area contributed by atoms with Gasteiger partial charge in [0, 0.05) is 6.61 Å². The van der Waals surface area contributed by atoms with Gasteiger partial charge in [-0.25, -0.2) is 9.59 Å². The molecule has 0 amide bonds. The van der Waals surface area contributed by atoms with E-state index < -0.39 is 17.9 Å². The van der Waals surface area contributed by atoms with Gasteiger partial charge in [-0.3, -0.25) is 0 Å². The van der Waals surface area contributed by atoms with Gasteiger partial charge in [0.2, 0.25) is 0 Å². The Morgan fingerprint density at radius 1 is 0.684 bits per heavy atom. The number of carbonyl (C=O) groups excluding carboxylic acids is 1. The lowest BCUT2D eigenvalue weighted by atomic mass is 10.1. The SMILES string of the molecule is CCCCCCCCOC(COCCOC(=O)c1ccccc1C(=O)O)(OCC)OCCCCCCCC. The number of carbonyl (C=O) groups is 2. The molecule has 0 spiro atoms. The number of esters is 1. The van der Waals surface area contributed by atoms with Crippen LogP contribution in [0.1, 0.15) is 119 Å². The van der Waals surface area contributed by atoms with Crippen molar-refractivity contribution in [1.29, 1.82) is 0 Å². The Hall–Kier alpha value is -2.00. The van der Waals surface area contributed by atoms with Gasteiger partial charge in [0.05, 0.1) is 30.9 Å². The van der Waals surface area contributed by atoms with Crippen LogP contribution in [0.2, 0.25) is 0 Å². The minimum atomic E-state index is -1.30. The highest BCUT2D eigenvalue weighted by atomic mass is 16.9. The van der Waals surface area contributed by atoms with E-state index in [0.29, 0.717) is 19.8 Å². The molecular formula is C30H50O8. The van der Waals surface area contributed by atoms with Gasteiger partial charge in [-0.15, -0.1) is 0 Å². The number of unbranched alkanes of at least 4 members (excludes halogenated alkanes) is 10. The van der Waals surface area contributed by atoms with Gasteiger partial charge < -0.3 is 28.8 Å². The maximum atomic E-state index is 12.4. The fraction of sp³-hybridized carbons (Fsp3) is 0.733. The van der Waals surface area contributed by atoms with Crippen LogP contribution in [-0.4, -0.2) is 62.7 Å². The number of aromatic carboxylic acids is 1. The molecule has 0 aliphatic carbocycles. The van der Waals surface area contributed by atoms with Gasteiger partial charge in [0.15, 0.2) is 0 Å². The highest BCUT2D eigenvalue weighted by Crippen LogP contribution is 2.20. The first-order valence-electron chi connectivity index (χ1n) is 14.5. The van der Waals surface area contributed by atoms with Crippen LogP contribution in [0.3, 0.4) is 0 Å². The van der Waals surface area contributed by atoms with Crippen LogP contribution in [-0.2, 0) is 23.7 Å². The molecule has 38 heavy (non-hydrogen) atoms. The summed E-state index contributed by atoms with van der Waals surface area (Å²) in [5, 5.41) is 9.28. The molecule has 0 unspecified atom stereocenters. The monoisotopic (exact) mass is 538 g/mol. The number of rotatable bonds is 25. The number of benzene rings is 1. The van der Waals surface area contributed by atoms with Crippen LogP contribution < -0.4 is 0 Å². The third-order valence-electron chi connectivity index (χ3n) is 6.12. The number of carboxylic acid groups (broad SMARTS) is 1. The molecule has 0 saturated carbocycles. The van der Waals surface area contributed by atoms with Crippen molar-refractivity contribution in [3.8, 4) is 0 Å². The second-order valence-corrected chi connectivity index (χ2v) is 9.39. The summed E-state index contributed by atoms with van der Waals surface area (Å²) in [4.78, 5) is 23.7. The molecule has 0 aromatic heterocycles. The number of carboxylic acids is 1. The van der Waals surface area contributed by atoms with Gasteiger partial charge in [-0.1, -0.05) is 90.2 Å². The van der Waals surface area contributed by atoms with Crippen molar-refractivity contribution in [3.05, 3.63) is 35.4 Å². The van der Waals surface area contributed by atoms with Crippen LogP contribution in [0.4, 0.5) is 0 Å². The lowest BCUT2D eigenvalue weighted by Gasteiger charge is -2.32. The Morgan fingerprint density at radius 3 is 1.74 bits per heavy atom. The zero-order valence-corrected chi connectivity index (χ0v) is 23.8. The zero-order chi connectivity index (χ0) is 27.9. The van der Waals surface area contributed by atoms with Crippen LogP contribution in [0.5, 0.6) is 0 Å². The summed E-state index contributed by atoms with van der Waals surface area (Å²) in [6, 6.07) is 5.96. The molecule has 1 aromatic rings. The topological polar surface area (TPSA) is 101 Å². The Labute approximate surface area is 229 Å². The first-order chi connectivity index (χ1) is 18.5. The zero-order valence-electron chi connectivity index (χ0n) is 23.8. The van der Waals surface area contributed by atoms with E-state index in [-0.39, 0.29) is 30.9 Å². The van der Waals surface area contributed by atoms with E-state index in [9.17, 15) is 14.7 Å². The minimum absolute atomic E-state index is 0.00760. The van der Waals surface area contributed by atoms with Crippen molar-refractivity contribution in [1.82, 2.24) is 0 Å². The summed E-state index contributed by atoms with van der Waals surface area (Å²) in [6.07, 6.45) is 13.8. The van der Waals surface area contributed by atoms with E-state index in [0.717, 1.165) is 25.7 Å². The first kappa shape index (κ1) is 34.0. The van der Waals surface area contributed by atoms with E-state index in [1.54, 1.807) is 12.1 Å². The van der Waals surface area contributed by atoms with Gasteiger partial charge in [-0.05, 0) is 31.9 Å². The smallest absolute Gasteiger partial charge is 0.339 e. The number of hydrogen-bond donors (Lipinski definition) is 1. The summed E-state index contributed by atoms with van der Waals surface area (Å²) >= 11 is 0. The standard InChI is InChI=1S/C30H50O8/c1-4-7-9-11-13-17-21-37-30(36-6-3,38-22-18-14-12-10-8-5-2)25-34-23-24-35-29(33)27-20-16-15-19-26(27)28(31)32/h15-16,19-20H,4-14,17-18,21-25H2,1-3H3,(H,31,32). The summed E-state index contributed by atoms with van der Waals surface area (Å²) in [5.74, 6) is -3.19. The molecule has 1 rings (SSSR count). The minimum Gasteiger partial charge on any atom is -0.478 e. The molecule has 0 fully saturated rings. The molecule has 8 nitrogen and oxygen atoms in total. The van der Waals surface area contributed by atoms with Crippen molar-refractivity contribution in [2.75, 3.05) is 39.6 Å². The third-order valence-corrected chi connectivity index (χ3v) is 6.12. The van der Waals surface area contributed by atoms with Gasteiger partial charge >= 0.3 is 17.9 Å². The van der Waals surface area contributed by atoms with E-state index in [2.05, 4.69) is 13.8 Å². The van der Waals surface area contributed by atoms with Crippen LogP contribution in [0.15, 0.2) is 24.3 Å². The summed E-state index contributed by atoms with van der Waals surface area (Å²) in [7, 11) is 0. The molecule has 218 valence electrons. The van der Waals surface area contributed by atoms with E-state index in [4.69, 9.17) is 23.7 Å². The molecule has 0 heterocycles. The Bertz CT molecular complexity index is 734. The summed E-state index contributed by atoms with van der Waals surface area (Å²) in [6.45, 7) is 7.80. The van der Waals surface area contributed by atoms with Crippen molar-refractivity contribution >= 4 is 11.9 Å². The predicted molar refractivity (Wildman–Crippen MR) is 148 cm³/mol. The average molecular weight is 539 g/mol. The summed E-state index contributed by atoms with van der Waals surface area (Å²) in [5.41, 5.74) is -0.0897. The molecule has 0 radical (unpaired) electrons. The molecule has 0 bridgehead atoms. The second kappa shape index (κ2) is 21.9. The molecular weight excluding hydrogens is 488 g/mol. The van der Waals surface area contributed by atoms with Crippen molar-refractivity contribution in [3.63, 3.8) is 0 Å². The Kier molecular flexibility index (Phi) is 19.6. The number of ether oxygens (including phenoxy) is 5. The van der Waals surface area contributed by atoms with E-state index >= 15 is 0 Å². The van der Waals surface area contributed by atoms with Crippen molar-refractivity contribution in [2.45, 2.75) is 104 Å². The molecule has 0 aliphatic heterocycles. The molecule has 1 aromatic carbocycles. The maximum absolute atomic E-state index is 12.4. The van der Waals surface area contributed by atoms with Gasteiger partial charge in [0.25, 0.3) is 0 Å². The summed E-state index contributed by atoms with van der Waals surface area (Å²) < 4.78 is 29.2. The van der Waals surface area contributed by atoms with Gasteiger partial charge in [-0.2, -0.15) is 0 Å². The molecule has 0 atom stereocenters. The predicted octanol–water partition coefficient (Wildman–Crippen LogP) is 7.00. The average Bonchev–Trinajstić information content (AvgIpc) is 2.91. The van der Waals surface area contributed by atoms with Crippen LogP contribution in [0, 0.1) is 0 Å². The fourth-order valence-electron chi connectivity index (χ4n) is 4.01. The first-order valence-corrected chi connectivity index (χ1v) is 14.5. The Morgan fingerprint density at radius 2 is 1.21 bits per heavy atom. The highest BCUT2D eigenvalue weighted by molar-refractivity contribution is 6.02. The molecule has 0 aliphatic rings. The van der Waals surface area contributed by atoms with Gasteiger partial charge in [0.1, 0.15) is 13.2 Å². The van der Waals surface area contributed by atoms with Crippen molar-refractivity contribution < 1.29 is 38.4 Å². The third kappa shape index (κ3) is 14.8. The molecule has 1 N–H and O–H groups in total. The quantitative estimate of drug-likeness (QED) is 0.0806. The van der Waals surface area contributed by atoms with Crippen LogP contribution in [0.25, 0.3) is 0 Å². The van der Waals surface area contributed by atoms with E-state index in [1.807, 2.05) is 6.92 Å².